The fraction of sp³-hybridized carbons (Fsp3) is 0.846. The minimum Gasteiger partial charge on any atom is -0.481 e. The van der Waals surface area contributed by atoms with E-state index in [-0.39, 0.29) is 16.9 Å². The van der Waals surface area contributed by atoms with Crippen molar-refractivity contribution >= 4 is 11.9 Å². The predicted molar refractivity (Wildman–Crippen MR) is 61.4 cm³/mol. The molecule has 0 radical (unpaired) electrons. The lowest BCUT2D eigenvalue weighted by Gasteiger charge is -2.38. The molecule has 2 saturated carbocycles. The Morgan fingerprint density at radius 3 is 2.41 bits per heavy atom. The highest BCUT2D eigenvalue weighted by atomic mass is 16.5. The Labute approximate surface area is 101 Å². The third-order valence-electron chi connectivity index (χ3n) is 5.28. The van der Waals surface area contributed by atoms with E-state index in [4.69, 9.17) is 9.84 Å². The molecule has 2 rings (SSSR count). The zero-order valence-electron chi connectivity index (χ0n) is 10.7. The molecular formula is C13H20O4. The third kappa shape index (κ3) is 1.74. The molecule has 0 unspecified atom stereocenters. The number of hydrogen-bond acceptors (Lipinski definition) is 3. The monoisotopic (exact) mass is 240 g/mol. The fourth-order valence-electron chi connectivity index (χ4n) is 3.63. The second-order valence-corrected chi connectivity index (χ2v) is 6.16. The molecule has 2 aliphatic carbocycles. The predicted octanol–water partition coefficient (Wildman–Crippen LogP) is 2.22. The number of carboxylic acids is 1. The van der Waals surface area contributed by atoms with Crippen molar-refractivity contribution in [2.45, 2.75) is 52.6 Å². The molecule has 0 aromatic heterocycles. The summed E-state index contributed by atoms with van der Waals surface area (Å²) in [5.74, 6) is -1.13. The number of aliphatic carboxylic acids is 1. The highest BCUT2D eigenvalue weighted by Gasteiger charge is 2.62. The molecule has 0 heterocycles. The lowest BCUT2D eigenvalue weighted by atomic mass is 9.70. The summed E-state index contributed by atoms with van der Waals surface area (Å²) in [5.41, 5.74) is 0.188. The first-order valence-corrected chi connectivity index (χ1v) is 6.18. The summed E-state index contributed by atoms with van der Waals surface area (Å²) in [6.07, 6.45) is 2.50. The van der Waals surface area contributed by atoms with Gasteiger partial charge in [-0.25, -0.2) is 0 Å². The second kappa shape index (κ2) is 3.72. The molecule has 96 valence electrons. The van der Waals surface area contributed by atoms with Crippen LogP contribution in [-0.2, 0) is 14.3 Å². The van der Waals surface area contributed by atoms with Crippen molar-refractivity contribution in [1.82, 2.24) is 0 Å². The Hall–Kier alpha value is -1.06. The van der Waals surface area contributed by atoms with Gasteiger partial charge in [0.15, 0.2) is 0 Å². The highest BCUT2D eigenvalue weighted by Crippen LogP contribution is 2.66. The molecule has 3 atom stereocenters. The number of hydrogen-bond donors (Lipinski definition) is 1. The van der Waals surface area contributed by atoms with Crippen molar-refractivity contribution in [2.24, 2.45) is 16.7 Å². The van der Waals surface area contributed by atoms with Gasteiger partial charge in [0.05, 0.1) is 0 Å². The molecule has 0 aliphatic heterocycles. The van der Waals surface area contributed by atoms with Crippen molar-refractivity contribution in [2.75, 3.05) is 0 Å². The molecule has 0 aromatic carbocycles. The standard InChI is InChI=1S/C13H20O4/c1-12(2)8-4-5-13(12,3)9(6-8)17-11(16)7-10(14)15/h8-9H,4-7H2,1-3H3,(H,14,15)/t8-,9+,13+/m0/s1. The maximum absolute atomic E-state index is 11.4. The van der Waals surface area contributed by atoms with E-state index in [9.17, 15) is 9.59 Å². The van der Waals surface area contributed by atoms with E-state index in [2.05, 4.69) is 20.8 Å². The van der Waals surface area contributed by atoms with Gasteiger partial charge in [0.25, 0.3) is 0 Å². The number of ether oxygens (including phenoxy) is 1. The molecule has 0 amide bonds. The van der Waals surface area contributed by atoms with Gasteiger partial charge in [0.2, 0.25) is 0 Å². The van der Waals surface area contributed by atoms with E-state index in [0.29, 0.717) is 5.92 Å². The summed E-state index contributed by atoms with van der Waals surface area (Å²) in [6.45, 7) is 6.63. The van der Waals surface area contributed by atoms with E-state index in [1.54, 1.807) is 0 Å². The smallest absolute Gasteiger partial charge is 0.317 e. The molecule has 0 saturated heterocycles. The minimum absolute atomic E-state index is 0.00578. The van der Waals surface area contributed by atoms with Gasteiger partial charge in [0.1, 0.15) is 12.5 Å². The highest BCUT2D eigenvalue weighted by molar-refractivity contribution is 5.90. The van der Waals surface area contributed by atoms with Crippen LogP contribution in [0.5, 0.6) is 0 Å². The van der Waals surface area contributed by atoms with Crippen molar-refractivity contribution in [1.29, 1.82) is 0 Å². The molecule has 4 heteroatoms. The Bertz CT molecular complexity index is 360. The van der Waals surface area contributed by atoms with Crippen LogP contribution in [0.3, 0.4) is 0 Å². The Morgan fingerprint density at radius 2 is 2.00 bits per heavy atom. The molecule has 1 N–H and O–H groups in total. The van der Waals surface area contributed by atoms with E-state index in [1.807, 2.05) is 0 Å². The first kappa shape index (κ1) is 12.4. The number of rotatable bonds is 3. The first-order valence-electron chi connectivity index (χ1n) is 6.18. The van der Waals surface area contributed by atoms with Crippen LogP contribution in [0.15, 0.2) is 0 Å². The largest absolute Gasteiger partial charge is 0.481 e. The first-order chi connectivity index (χ1) is 7.77. The lowest BCUT2D eigenvalue weighted by Crippen LogP contribution is -2.38. The van der Waals surface area contributed by atoms with Gasteiger partial charge >= 0.3 is 11.9 Å². The summed E-state index contributed by atoms with van der Waals surface area (Å²) >= 11 is 0. The normalized spacial score (nSPS) is 38.1. The van der Waals surface area contributed by atoms with Gasteiger partial charge in [-0.05, 0) is 30.6 Å². The Balaban J connectivity index is 2.06. The van der Waals surface area contributed by atoms with Gasteiger partial charge in [-0.15, -0.1) is 0 Å². The second-order valence-electron chi connectivity index (χ2n) is 6.16. The number of carboxylic acid groups (broad SMARTS) is 1. The van der Waals surface area contributed by atoms with Crippen LogP contribution in [0.25, 0.3) is 0 Å². The zero-order valence-corrected chi connectivity index (χ0v) is 10.7. The van der Waals surface area contributed by atoms with Crippen LogP contribution in [0, 0.1) is 16.7 Å². The number of carbonyl (C=O) groups excluding carboxylic acids is 1. The van der Waals surface area contributed by atoms with Crippen molar-refractivity contribution in [3.63, 3.8) is 0 Å². The van der Waals surface area contributed by atoms with Gasteiger partial charge in [0, 0.05) is 5.41 Å². The maximum Gasteiger partial charge on any atom is 0.317 e. The van der Waals surface area contributed by atoms with Gasteiger partial charge < -0.3 is 9.84 Å². The molecule has 17 heavy (non-hydrogen) atoms. The van der Waals surface area contributed by atoms with Crippen LogP contribution in [0.2, 0.25) is 0 Å². The van der Waals surface area contributed by atoms with Crippen molar-refractivity contribution in [3.8, 4) is 0 Å². The molecule has 0 spiro atoms. The average molecular weight is 240 g/mol. The Morgan fingerprint density at radius 1 is 1.35 bits per heavy atom. The molecule has 2 fully saturated rings. The van der Waals surface area contributed by atoms with E-state index >= 15 is 0 Å². The zero-order chi connectivity index (χ0) is 12.8. The number of carbonyl (C=O) groups is 2. The molecule has 0 aromatic rings. The van der Waals surface area contributed by atoms with Crippen molar-refractivity contribution < 1.29 is 19.4 Å². The summed E-state index contributed by atoms with van der Waals surface area (Å²) in [4.78, 5) is 21.9. The summed E-state index contributed by atoms with van der Waals surface area (Å²) < 4.78 is 5.37. The summed E-state index contributed by atoms with van der Waals surface area (Å²) in [6, 6.07) is 0. The van der Waals surface area contributed by atoms with E-state index < -0.39 is 18.4 Å². The molecule has 2 aliphatic rings. The SMILES string of the molecule is CC1(C)[C@H]2CC[C@]1(C)[C@H](OC(=O)CC(=O)O)C2. The van der Waals surface area contributed by atoms with Crippen LogP contribution >= 0.6 is 0 Å². The van der Waals surface area contributed by atoms with Gasteiger partial charge in [-0.2, -0.15) is 0 Å². The average Bonchev–Trinajstić information content (AvgIpc) is 2.49. The van der Waals surface area contributed by atoms with Crippen LogP contribution in [0.1, 0.15) is 46.5 Å². The lowest BCUT2D eigenvalue weighted by molar-refractivity contribution is -0.161. The van der Waals surface area contributed by atoms with E-state index in [0.717, 1.165) is 12.8 Å². The van der Waals surface area contributed by atoms with Crippen LogP contribution in [0.4, 0.5) is 0 Å². The van der Waals surface area contributed by atoms with Crippen LogP contribution in [-0.4, -0.2) is 23.1 Å². The topological polar surface area (TPSA) is 63.6 Å². The maximum atomic E-state index is 11.4. The Kier molecular flexibility index (Phi) is 2.71. The fourth-order valence-corrected chi connectivity index (χ4v) is 3.63. The minimum atomic E-state index is -1.12. The number of fused-ring (bicyclic) bond motifs is 2. The molecular weight excluding hydrogens is 220 g/mol. The molecule has 4 nitrogen and oxygen atoms in total. The summed E-state index contributed by atoms with van der Waals surface area (Å²) in [5, 5.41) is 8.56. The van der Waals surface area contributed by atoms with Gasteiger partial charge in [-0.3, -0.25) is 9.59 Å². The summed E-state index contributed by atoms with van der Waals surface area (Å²) in [7, 11) is 0. The number of esters is 1. The molecule has 2 bridgehead atoms. The van der Waals surface area contributed by atoms with Crippen LogP contribution < -0.4 is 0 Å². The quantitative estimate of drug-likeness (QED) is 0.607. The van der Waals surface area contributed by atoms with Gasteiger partial charge in [-0.1, -0.05) is 20.8 Å². The third-order valence-corrected chi connectivity index (χ3v) is 5.28. The van der Waals surface area contributed by atoms with Crippen molar-refractivity contribution in [3.05, 3.63) is 0 Å². The van der Waals surface area contributed by atoms with E-state index in [1.165, 1.54) is 6.42 Å².